The van der Waals surface area contributed by atoms with Crippen LogP contribution in [0, 0.1) is 5.82 Å². The molecule has 2 saturated carbocycles. The summed E-state index contributed by atoms with van der Waals surface area (Å²) in [5.41, 5.74) is -0.225. The molecule has 0 spiro atoms. The number of carboxylic acid groups (broad SMARTS) is 1. The SMILES string of the molecule is CN(CCCC(=O)O)n1c(=O)c2cc(F)c(NC3CCCCC3)cc2n(C2CCCC2)c1=O. The summed E-state index contributed by atoms with van der Waals surface area (Å²) >= 11 is 0. The molecule has 8 nitrogen and oxygen atoms in total. The second-order valence-corrected chi connectivity index (χ2v) is 9.41. The van der Waals surface area contributed by atoms with E-state index in [4.69, 9.17) is 5.11 Å². The molecule has 2 N–H and O–H groups in total. The highest BCUT2D eigenvalue weighted by molar-refractivity contribution is 5.82. The Hall–Kier alpha value is -2.84. The highest BCUT2D eigenvalue weighted by Gasteiger charge is 2.26. The zero-order chi connectivity index (χ0) is 23.5. The van der Waals surface area contributed by atoms with Crippen LogP contribution < -0.4 is 21.6 Å². The van der Waals surface area contributed by atoms with E-state index in [1.54, 1.807) is 17.7 Å². The van der Waals surface area contributed by atoms with E-state index in [1.165, 1.54) is 17.5 Å². The lowest BCUT2D eigenvalue weighted by atomic mass is 9.95. The van der Waals surface area contributed by atoms with Crippen LogP contribution in [-0.4, -0.2) is 40.0 Å². The number of aliphatic carboxylic acids is 1. The second-order valence-electron chi connectivity index (χ2n) is 9.41. The second kappa shape index (κ2) is 9.97. The Bertz CT molecular complexity index is 1130. The number of benzene rings is 1. The molecule has 0 radical (unpaired) electrons. The van der Waals surface area contributed by atoms with Crippen LogP contribution in [0.3, 0.4) is 0 Å². The normalized spacial score (nSPS) is 17.5. The Balaban J connectivity index is 1.80. The van der Waals surface area contributed by atoms with Gasteiger partial charge in [0.1, 0.15) is 5.82 Å². The standard InChI is InChI=1S/C24H33FN4O4/c1-27(13-7-12-22(30)31)29-23(32)18-14-19(25)20(26-16-8-3-2-4-9-16)15-21(18)28(24(29)33)17-10-5-6-11-17/h14-17,26H,2-13H2,1H3,(H,30,31). The highest BCUT2D eigenvalue weighted by Crippen LogP contribution is 2.32. The first-order valence-electron chi connectivity index (χ1n) is 12.1. The van der Waals surface area contributed by atoms with Crippen LogP contribution in [0.5, 0.6) is 0 Å². The number of hydrogen-bond acceptors (Lipinski definition) is 5. The average Bonchev–Trinajstić information content (AvgIpc) is 3.30. The lowest BCUT2D eigenvalue weighted by Crippen LogP contribution is -2.51. The van der Waals surface area contributed by atoms with Gasteiger partial charge >= 0.3 is 11.7 Å². The van der Waals surface area contributed by atoms with Crippen molar-refractivity contribution >= 4 is 22.6 Å². The summed E-state index contributed by atoms with van der Waals surface area (Å²) in [5, 5.41) is 13.8. The molecule has 2 aliphatic rings. The number of anilines is 1. The first kappa shape index (κ1) is 23.3. The summed E-state index contributed by atoms with van der Waals surface area (Å²) in [6.45, 7) is 0.224. The van der Waals surface area contributed by atoms with Crippen LogP contribution in [0.4, 0.5) is 10.1 Å². The van der Waals surface area contributed by atoms with Gasteiger partial charge in [-0.15, -0.1) is 0 Å². The number of hydrogen-bond donors (Lipinski definition) is 2. The number of fused-ring (bicyclic) bond motifs is 1. The summed E-state index contributed by atoms with van der Waals surface area (Å²) in [5.74, 6) is -1.43. The maximum Gasteiger partial charge on any atom is 0.350 e. The predicted molar refractivity (Wildman–Crippen MR) is 126 cm³/mol. The van der Waals surface area contributed by atoms with Gasteiger partial charge in [-0.2, -0.15) is 4.68 Å². The highest BCUT2D eigenvalue weighted by atomic mass is 19.1. The van der Waals surface area contributed by atoms with E-state index in [9.17, 15) is 14.4 Å². The van der Waals surface area contributed by atoms with Crippen LogP contribution in [0.15, 0.2) is 21.7 Å². The molecule has 0 saturated heterocycles. The number of nitrogens with one attached hydrogen (secondary N) is 1. The summed E-state index contributed by atoms with van der Waals surface area (Å²) < 4.78 is 17.8. The Kier molecular flexibility index (Phi) is 7.05. The third-order valence-electron chi connectivity index (χ3n) is 7.02. The van der Waals surface area contributed by atoms with Gasteiger partial charge in [0.25, 0.3) is 5.56 Å². The number of halogens is 1. The van der Waals surface area contributed by atoms with Crippen molar-refractivity contribution in [2.75, 3.05) is 23.9 Å². The van der Waals surface area contributed by atoms with Crippen molar-refractivity contribution in [3.05, 3.63) is 38.8 Å². The number of carboxylic acids is 1. The fourth-order valence-electron chi connectivity index (χ4n) is 5.29. The Morgan fingerprint density at radius 3 is 2.45 bits per heavy atom. The lowest BCUT2D eigenvalue weighted by Gasteiger charge is -2.26. The van der Waals surface area contributed by atoms with Crippen molar-refractivity contribution in [2.45, 2.75) is 82.7 Å². The van der Waals surface area contributed by atoms with Gasteiger partial charge in [0.15, 0.2) is 0 Å². The molecule has 4 rings (SSSR count). The molecule has 0 bridgehead atoms. The van der Waals surface area contributed by atoms with E-state index in [0.29, 0.717) is 11.2 Å². The predicted octanol–water partition coefficient (Wildman–Crippen LogP) is 3.59. The van der Waals surface area contributed by atoms with E-state index in [2.05, 4.69) is 5.32 Å². The van der Waals surface area contributed by atoms with Crippen LogP contribution >= 0.6 is 0 Å². The number of carbonyl (C=O) groups is 1. The molecule has 0 amide bonds. The smallest absolute Gasteiger partial charge is 0.350 e. The van der Waals surface area contributed by atoms with Crippen molar-refractivity contribution < 1.29 is 14.3 Å². The average molecular weight is 461 g/mol. The fourth-order valence-corrected chi connectivity index (χ4v) is 5.29. The molecule has 0 atom stereocenters. The molecule has 33 heavy (non-hydrogen) atoms. The van der Waals surface area contributed by atoms with Gasteiger partial charge in [-0.05, 0) is 44.2 Å². The van der Waals surface area contributed by atoms with Gasteiger partial charge in [0.2, 0.25) is 0 Å². The number of aromatic nitrogens is 2. The molecule has 1 aromatic heterocycles. The molecule has 1 aromatic carbocycles. The number of nitrogens with zero attached hydrogens (tertiary/aromatic N) is 3. The zero-order valence-electron chi connectivity index (χ0n) is 19.2. The van der Waals surface area contributed by atoms with E-state index < -0.39 is 23.0 Å². The van der Waals surface area contributed by atoms with Crippen LogP contribution in [-0.2, 0) is 4.79 Å². The molecule has 0 unspecified atom stereocenters. The molecule has 180 valence electrons. The number of rotatable bonds is 8. The van der Waals surface area contributed by atoms with Gasteiger partial charge < -0.3 is 15.4 Å². The summed E-state index contributed by atoms with van der Waals surface area (Å²) in [7, 11) is 1.59. The van der Waals surface area contributed by atoms with E-state index in [-0.39, 0.29) is 36.9 Å². The zero-order valence-corrected chi connectivity index (χ0v) is 19.2. The molecule has 9 heteroatoms. The molecule has 2 aromatic rings. The minimum atomic E-state index is -0.933. The fraction of sp³-hybridized carbons (Fsp3) is 0.625. The molecular weight excluding hydrogens is 427 g/mol. The van der Waals surface area contributed by atoms with Gasteiger partial charge in [0.05, 0.1) is 16.6 Å². The summed E-state index contributed by atoms with van der Waals surface area (Å²) in [6, 6.07) is 3.02. The molecule has 2 fully saturated rings. The molecule has 0 aliphatic heterocycles. The topological polar surface area (TPSA) is 96.6 Å². The lowest BCUT2D eigenvalue weighted by molar-refractivity contribution is -0.137. The van der Waals surface area contributed by atoms with Crippen LogP contribution in [0.2, 0.25) is 0 Å². The largest absolute Gasteiger partial charge is 0.481 e. The Morgan fingerprint density at radius 2 is 1.79 bits per heavy atom. The summed E-state index contributed by atoms with van der Waals surface area (Å²) in [6.07, 6.45) is 9.27. The van der Waals surface area contributed by atoms with Gasteiger partial charge in [-0.25, -0.2) is 9.18 Å². The third-order valence-corrected chi connectivity index (χ3v) is 7.02. The first-order chi connectivity index (χ1) is 15.9. The third kappa shape index (κ3) is 4.91. The molecule has 1 heterocycles. The molecule has 2 aliphatic carbocycles. The van der Waals surface area contributed by atoms with Crippen molar-refractivity contribution in [2.24, 2.45) is 0 Å². The van der Waals surface area contributed by atoms with Crippen LogP contribution in [0.25, 0.3) is 10.9 Å². The quantitative estimate of drug-likeness (QED) is 0.625. The molecular formula is C24H33FN4O4. The maximum absolute atomic E-state index is 15.1. The Morgan fingerprint density at radius 1 is 1.12 bits per heavy atom. The first-order valence-corrected chi connectivity index (χ1v) is 12.1. The van der Waals surface area contributed by atoms with Crippen molar-refractivity contribution in [1.29, 1.82) is 0 Å². The van der Waals surface area contributed by atoms with Crippen molar-refractivity contribution in [1.82, 2.24) is 9.24 Å². The summed E-state index contributed by atoms with van der Waals surface area (Å²) in [4.78, 5) is 37.7. The minimum Gasteiger partial charge on any atom is -0.481 e. The van der Waals surface area contributed by atoms with Gasteiger partial charge in [-0.3, -0.25) is 14.2 Å². The van der Waals surface area contributed by atoms with Crippen molar-refractivity contribution in [3.63, 3.8) is 0 Å². The monoisotopic (exact) mass is 460 g/mol. The van der Waals surface area contributed by atoms with E-state index in [0.717, 1.165) is 56.0 Å². The van der Waals surface area contributed by atoms with E-state index >= 15 is 4.39 Å². The van der Waals surface area contributed by atoms with Gasteiger partial charge in [0, 0.05) is 32.1 Å². The minimum absolute atomic E-state index is 0.0488. The van der Waals surface area contributed by atoms with E-state index in [1.807, 2.05) is 0 Å². The van der Waals surface area contributed by atoms with Gasteiger partial charge in [-0.1, -0.05) is 32.1 Å². The Labute approximate surface area is 192 Å². The van der Waals surface area contributed by atoms with Crippen LogP contribution in [0.1, 0.15) is 76.7 Å². The van der Waals surface area contributed by atoms with Crippen molar-refractivity contribution in [3.8, 4) is 0 Å². The maximum atomic E-state index is 15.1.